The molecule has 25 heavy (non-hydrogen) atoms. The van der Waals surface area contributed by atoms with Gasteiger partial charge in [-0.1, -0.05) is 0 Å². The number of methoxy groups -OCH3 is 1. The molecule has 0 aliphatic heterocycles. The van der Waals surface area contributed by atoms with Gasteiger partial charge in [0.15, 0.2) is 17.3 Å². The standard InChI is InChI=1S/C16H20F2N2O5/c1-24-11-7-6-9(8-12(11)25-10-4-2-3-5-10)13(21)16(19,14(17)18)15(22)20-23/h6-8,10,14,23H,2-5,19H2,1H3,(H,20,22). The van der Waals surface area contributed by atoms with Crippen molar-refractivity contribution in [1.29, 1.82) is 0 Å². The minimum Gasteiger partial charge on any atom is -0.493 e. The molecule has 9 heteroatoms. The number of hydroxylamine groups is 1. The highest BCUT2D eigenvalue weighted by Gasteiger charge is 2.51. The fourth-order valence-electron chi connectivity index (χ4n) is 2.73. The number of hydrogen-bond acceptors (Lipinski definition) is 6. The van der Waals surface area contributed by atoms with Crippen molar-refractivity contribution in [2.24, 2.45) is 5.73 Å². The highest BCUT2D eigenvalue weighted by Crippen LogP contribution is 2.33. The number of Topliss-reactive ketones (excluding diaryl/α,β-unsaturated/α-hetero) is 1. The molecule has 1 aromatic carbocycles. The van der Waals surface area contributed by atoms with Gasteiger partial charge in [0.1, 0.15) is 0 Å². The Kier molecular flexibility index (Phi) is 5.91. The lowest BCUT2D eigenvalue weighted by Crippen LogP contribution is -2.63. The number of rotatable bonds is 7. The highest BCUT2D eigenvalue weighted by molar-refractivity contribution is 6.18. The van der Waals surface area contributed by atoms with Crippen molar-refractivity contribution in [2.45, 2.75) is 43.8 Å². The molecule has 0 heterocycles. The normalized spacial score (nSPS) is 17.2. The molecule has 1 aromatic rings. The second-order valence-electron chi connectivity index (χ2n) is 5.83. The number of nitrogens with two attached hydrogens (primary N) is 1. The Hall–Kier alpha value is -2.26. The van der Waals surface area contributed by atoms with E-state index in [-0.39, 0.29) is 17.4 Å². The predicted octanol–water partition coefficient (Wildman–Crippen LogP) is 1.67. The molecule has 0 saturated heterocycles. The van der Waals surface area contributed by atoms with Gasteiger partial charge in [0.25, 0.3) is 12.3 Å². The van der Waals surface area contributed by atoms with Crippen molar-refractivity contribution in [3.63, 3.8) is 0 Å². The van der Waals surface area contributed by atoms with Gasteiger partial charge in [-0.2, -0.15) is 0 Å². The van der Waals surface area contributed by atoms with Crippen LogP contribution < -0.4 is 20.7 Å². The van der Waals surface area contributed by atoms with Gasteiger partial charge in [0, 0.05) is 5.56 Å². The SMILES string of the molecule is COc1ccc(C(=O)C(N)(C(=O)NO)C(F)F)cc1OC1CCCC1. The number of hydrogen-bond donors (Lipinski definition) is 3. The van der Waals surface area contributed by atoms with Gasteiger partial charge in [-0.25, -0.2) is 14.3 Å². The third-order valence-electron chi connectivity index (χ3n) is 4.22. The smallest absolute Gasteiger partial charge is 0.277 e. The van der Waals surface area contributed by atoms with Crippen LogP contribution in [-0.4, -0.2) is 42.1 Å². The van der Waals surface area contributed by atoms with Crippen molar-refractivity contribution in [1.82, 2.24) is 5.48 Å². The lowest BCUT2D eigenvalue weighted by atomic mass is 9.89. The number of ether oxygens (including phenoxy) is 2. The van der Waals surface area contributed by atoms with Crippen LogP contribution in [0.15, 0.2) is 18.2 Å². The summed E-state index contributed by atoms with van der Waals surface area (Å²) in [5.41, 5.74) is 2.86. The first-order chi connectivity index (χ1) is 11.8. The summed E-state index contributed by atoms with van der Waals surface area (Å²) in [7, 11) is 1.41. The molecule has 1 unspecified atom stereocenters. The molecular formula is C16H20F2N2O5. The van der Waals surface area contributed by atoms with E-state index in [2.05, 4.69) is 0 Å². The number of alkyl halides is 2. The lowest BCUT2D eigenvalue weighted by Gasteiger charge is -2.25. The fraction of sp³-hybridized carbons (Fsp3) is 0.500. The van der Waals surface area contributed by atoms with E-state index in [9.17, 15) is 18.4 Å². The van der Waals surface area contributed by atoms with Crippen LogP contribution in [-0.2, 0) is 4.79 Å². The first-order valence-electron chi connectivity index (χ1n) is 7.75. The lowest BCUT2D eigenvalue weighted by molar-refractivity contribution is -0.137. The van der Waals surface area contributed by atoms with E-state index >= 15 is 0 Å². The van der Waals surface area contributed by atoms with Crippen LogP contribution in [0.5, 0.6) is 11.5 Å². The van der Waals surface area contributed by atoms with Gasteiger partial charge in [0.2, 0.25) is 5.54 Å². The highest BCUT2D eigenvalue weighted by atomic mass is 19.3. The average molecular weight is 358 g/mol. The maximum absolute atomic E-state index is 13.3. The van der Waals surface area contributed by atoms with Crippen molar-refractivity contribution in [3.05, 3.63) is 23.8 Å². The number of halogens is 2. The summed E-state index contributed by atoms with van der Waals surface area (Å²) in [4.78, 5) is 24.0. The summed E-state index contributed by atoms with van der Waals surface area (Å²) in [6, 6.07) is 3.80. The molecule has 138 valence electrons. The number of ketones is 1. The molecule has 4 N–H and O–H groups in total. The van der Waals surface area contributed by atoms with E-state index in [1.807, 2.05) is 0 Å². The summed E-state index contributed by atoms with van der Waals surface area (Å²) in [6.45, 7) is 0. The molecule has 0 aromatic heterocycles. The second kappa shape index (κ2) is 7.75. The number of carbonyl (C=O) groups is 2. The van der Waals surface area contributed by atoms with Crippen LogP contribution in [0.1, 0.15) is 36.0 Å². The fourth-order valence-corrected chi connectivity index (χ4v) is 2.73. The van der Waals surface area contributed by atoms with Crippen molar-refractivity contribution < 1.29 is 33.1 Å². The van der Waals surface area contributed by atoms with E-state index in [1.165, 1.54) is 25.3 Å². The van der Waals surface area contributed by atoms with Crippen molar-refractivity contribution >= 4 is 11.7 Å². The van der Waals surface area contributed by atoms with Crippen molar-refractivity contribution in [3.8, 4) is 11.5 Å². The minimum absolute atomic E-state index is 0.0577. The molecule has 0 spiro atoms. The monoisotopic (exact) mass is 358 g/mol. The molecule has 7 nitrogen and oxygen atoms in total. The Bertz CT molecular complexity index is 649. The van der Waals surface area contributed by atoms with E-state index in [0.29, 0.717) is 5.75 Å². The number of benzene rings is 1. The van der Waals surface area contributed by atoms with Crippen LogP contribution in [0.2, 0.25) is 0 Å². The van der Waals surface area contributed by atoms with Crippen molar-refractivity contribution in [2.75, 3.05) is 7.11 Å². The summed E-state index contributed by atoms with van der Waals surface area (Å²) < 4.78 is 37.5. The topological polar surface area (TPSA) is 111 Å². The second-order valence-corrected chi connectivity index (χ2v) is 5.83. The Morgan fingerprint density at radius 2 is 1.96 bits per heavy atom. The number of carbonyl (C=O) groups excluding carboxylic acids is 2. The Labute approximate surface area is 143 Å². The van der Waals surface area contributed by atoms with E-state index in [0.717, 1.165) is 31.2 Å². The van der Waals surface area contributed by atoms with Crippen LogP contribution in [0, 0.1) is 0 Å². The summed E-state index contributed by atoms with van der Waals surface area (Å²) >= 11 is 0. The van der Waals surface area contributed by atoms with Gasteiger partial charge in [0.05, 0.1) is 13.2 Å². The average Bonchev–Trinajstić information content (AvgIpc) is 3.12. The van der Waals surface area contributed by atoms with Crippen LogP contribution in [0.3, 0.4) is 0 Å². The van der Waals surface area contributed by atoms with E-state index < -0.39 is 23.7 Å². The van der Waals surface area contributed by atoms with Gasteiger partial charge in [-0.3, -0.25) is 14.8 Å². The molecule has 1 amide bonds. The first-order valence-corrected chi connectivity index (χ1v) is 7.75. The largest absolute Gasteiger partial charge is 0.493 e. The molecule has 1 saturated carbocycles. The van der Waals surface area contributed by atoms with Gasteiger partial charge in [-0.05, 0) is 43.9 Å². The Morgan fingerprint density at radius 1 is 1.32 bits per heavy atom. The Balaban J connectivity index is 2.37. The molecule has 1 atom stereocenters. The molecule has 2 rings (SSSR count). The van der Waals surface area contributed by atoms with E-state index in [4.69, 9.17) is 20.4 Å². The van der Waals surface area contributed by atoms with Gasteiger partial charge >= 0.3 is 0 Å². The Morgan fingerprint density at radius 3 is 2.48 bits per heavy atom. The zero-order valence-electron chi connectivity index (χ0n) is 13.6. The maximum Gasteiger partial charge on any atom is 0.277 e. The first kappa shape index (κ1) is 19.1. The molecule has 1 aliphatic rings. The molecular weight excluding hydrogens is 338 g/mol. The zero-order valence-corrected chi connectivity index (χ0v) is 13.6. The molecule has 0 bridgehead atoms. The van der Waals surface area contributed by atoms with Crippen LogP contribution >= 0.6 is 0 Å². The quantitative estimate of drug-likeness (QED) is 0.296. The van der Waals surface area contributed by atoms with Gasteiger partial charge < -0.3 is 15.2 Å². The van der Waals surface area contributed by atoms with Crippen LogP contribution in [0.25, 0.3) is 0 Å². The van der Waals surface area contributed by atoms with Gasteiger partial charge in [-0.15, -0.1) is 0 Å². The number of nitrogens with one attached hydrogen (secondary N) is 1. The molecule has 1 aliphatic carbocycles. The number of amides is 1. The summed E-state index contributed by atoms with van der Waals surface area (Å²) in [6.07, 6.45) is 0.128. The molecule has 0 radical (unpaired) electrons. The maximum atomic E-state index is 13.3. The minimum atomic E-state index is -3.52. The zero-order chi connectivity index (χ0) is 18.6. The third kappa shape index (κ3) is 3.72. The predicted molar refractivity (Wildman–Crippen MR) is 83.1 cm³/mol. The third-order valence-corrected chi connectivity index (χ3v) is 4.22. The van der Waals surface area contributed by atoms with Crippen LogP contribution in [0.4, 0.5) is 8.78 Å². The summed E-state index contributed by atoms with van der Waals surface area (Å²) in [5.74, 6) is -2.49. The summed E-state index contributed by atoms with van der Waals surface area (Å²) in [5, 5.41) is 8.63. The van der Waals surface area contributed by atoms with E-state index in [1.54, 1.807) is 0 Å². The molecule has 1 fully saturated rings.